The highest BCUT2D eigenvalue weighted by molar-refractivity contribution is 5.62. The van der Waals surface area contributed by atoms with Crippen LogP contribution in [0.3, 0.4) is 0 Å². The molecule has 0 radical (unpaired) electrons. The maximum Gasteiger partial charge on any atom is 0.287 e. The Morgan fingerprint density at radius 3 is 2.70 bits per heavy atom. The molecule has 0 fully saturated rings. The van der Waals surface area contributed by atoms with Gasteiger partial charge in [-0.25, -0.2) is 5.10 Å². The van der Waals surface area contributed by atoms with E-state index in [1.165, 1.54) is 0 Å². The number of aromatic nitrogens is 2. The minimum Gasteiger partial charge on any atom is -0.380 e. The van der Waals surface area contributed by atoms with E-state index in [9.17, 15) is 4.79 Å². The van der Waals surface area contributed by atoms with Crippen LogP contribution in [0, 0.1) is 0 Å². The van der Waals surface area contributed by atoms with Crippen LogP contribution in [0.2, 0.25) is 0 Å². The van der Waals surface area contributed by atoms with E-state index in [0.717, 1.165) is 30.8 Å². The summed E-state index contributed by atoms with van der Waals surface area (Å²) >= 11 is 0. The lowest BCUT2D eigenvalue weighted by Crippen LogP contribution is -2.20. The van der Waals surface area contributed by atoms with Gasteiger partial charge in [-0.3, -0.25) is 4.79 Å². The van der Waals surface area contributed by atoms with Gasteiger partial charge in [0.15, 0.2) is 0 Å². The predicted molar refractivity (Wildman–Crippen MR) is 82.0 cm³/mol. The fraction of sp³-hybridized carbons (Fsp3) is 0.333. The number of benzene rings is 1. The minimum absolute atomic E-state index is 0.186. The molecule has 2 aromatic rings. The van der Waals surface area contributed by atoms with Crippen molar-refractivity contribution < 1.29 is 0 Å². The standard InChI is InChI=1S/C15H20N4O/c1-19(2)10-6-9-16-14-11-13(17-18-15(14)20)12-7-4-3-5-8-12/h3-5,7-8,11H,6,9-10H2,1-2H3,(H,16,17)(H,18,20). The summed E-state index contributed by atoms with van der Waals surface area (Å²) in [5, 5.41) is 9.79. The third kappa shape index (κ3) is 3.93. The summed E-state index contributed by atoms with van der Waals surface area (Å²) in [5.41, 5.74) is 2.13. The van der Waals surface area contributed by atoms with Crippen molar-refractivity contribution in [1.29, 1.82) is 0 Å². The number of nitrogens with one attached hydrogen (secondary N) is 2. The van der Waals surface area contributed by atoms with Gasteiger partial charge in [-0.05, 0) is 33.1 Å². The molecule has 0 aliphatic rings. The van der Waals surface area contributed by atoms with Gasteiger partial charge in [-0.15, -0.1) is 0 Å². The molecule has 0 aliphatic carbocycles. The molecule has 0 saturated carbocycles. The smallest absolute Gasteiger partial charge is 0.287 e. The molecule has 0 saturated heterocycles. The van der Waals surface area contributed by atoms with E-state index in [-0.39, 0.29) is 5.56 Å². The second-order valence-corrected chi connectivity index (χ2v) is 4.95. The fourth-order valence-corrected chi connectivity index (χ4v) is 1.91. The molecule has 0 atom stereocenters. The van der Waals surface area contributed by atoms with Crippen LogP contribution in [0.25, 0.3) is 11.3 Å². The average molecular weight is 272 g/mol. The molecule has 1 aromatic carbocycles. The molecule has 0 unspecified atom stereocenters. The number of hydrogen-bond donors (Lipinski definition) is 2. The first-order chi connectivity index (χ1) is 9.66. The number of H-pyrrole nitrogens is 1. The van der Waals surface area contributed by atoms with Crippen LogP contribution in [0.5, 0.6) is 0 Å². The lowest BCUT2D eigenvalue weighted by Gasteiger charge is -2.10. The molecule has 20 heavy (non-hydrogen) atoms. The maximum absolute atomic E-state index is 11.7. The van der Waals surface area contributed by atoms with E-state index in [1.807, 2.05) is 44.4 Å². The Morgan fingerprint density at radius 1 is 1.25 bits per heavy atom. The molecule has 5 nitrogen and oxygen atoms in total. The van der Waals surface area contributed by atoms with Crippen LogP contribution in [0.15, 0.2) is 41.2 Å². The molecular formula is C15H20N4O. The lowest BCUT2D eigenvalue weighted by molar-refractivity contribution is 0.405. The van der Waals surface area contributed by atoms with Crippen LogP contribution in [0.4, 0.5) is 5.69 Å². The first-order valence-electron chi connectivity index (χ1n) is 6.70. The van der Waals surface area contributed by atoms with Crippen LogP contribution < -0.4 is 10.9 Å². The van der Waals surface area contributed by atoms with Crippen LogP contribution in [-0.4, -0.2) is 42.3 Å². The highest BCUT2D eigenvalue weighted by atomic mass is 16.1. The topological polar surface area (TPSA) is 61.0 Å². The summed E-state index contributed by atoms with van der Waals surface area (Å²) in [5.74, 6) is 0. The van der Waals surface area contributed by atoms with Crippen LogP contribution in [-0.2, 0) is 0 Å². The Hall–Kier alpha value is -2.14. The van der Waals surface area contributed by atoms with E-state index < -0.39 is 0 Å². The van der Waals surface area contributed by atoms with Gasteiger partial charge < -0.3 is 10.2 Å². The maximum atomic E-state index is 11.7. The molecular weight excluding hydrogens is 252 g/mol. The zero-order chi connectivity index (χ0) is 14.4. The number of hydrogen-bond acceptors (Lipinski definition) is 4. The Balaban J connectivity index is 2.08. The van der Waals surface area contributed by atoms with Crippen molar-refractivity contribution in [3.63, 3.8) is 0 Å². The molecule has 0 aliphatic heterocycles. The fourth-order valence-electron chi connectivity index (χ4n) is 1.91. The summed E-state index contributed by atoms with van der Waals surface area (Å²) in [6.07, 6.45) is 0.982. The van der Waals surface area contributed by atoms with Crippen molar-refractivity contribution >= 4 is 5.69 Å². The van der Waals surface area contributed by atoms with Crippen molar-refractivity contribution in [1.82, 2.24) is 15.1 Å². The summed E-state index contributed by atoms with van der Waals surface area (Å²) in [6.45, 7) is 1.75. The summed E-state index contributed by atoms with van der Waals surface area (Å²) in [4.78, 5) is 13.9. The third-order valence-corrected chi connectivity index (χ3v) is 2.97. The van der Waals surface area contributed by atoms with E-state index in [0.29, 0.717) is 5.69 Å². The predicted octanol–water partition coefficient (Wildman–Crippen LogP) is 1.80. The van der Waals surface area contributed by atoms with Gasteiger partial charge in [-0.2, -0.15) is 5.10 Å². The molecule has 0 spiro atoms. The van der Waals surface area contributed by atoms with Gasteiger partial charge in [-0.1, -0.05) is 30.3 Å². The molecule has 2 N–H and O–H groups in total. The highest BCUT2D eigenvalue weighted by Gasteiger charge is 2.04. The molecule has 5 heteroatoms. The van der Waals surface area contributed by atoms with E-state index in [4.69, 9.17) is 0 Å². The second kappa shape index (κ2) is 6.86. The Kier molecular flexibility index (Phi) is 4.90. The molecule has 1 aromatic heterocycles. The van der Waals surface area contributed by atoms with Gasteiger partial charge in [0.05, 0.1) is 5.69 Å². The van der Waals surface area contributed by atoms with Gasteiger partial charge >= 0.3 is 0 Å². The van der Waals surface area contributed by atoms with E-state index >= 15 is 0 Å². The molecule has 2 rings (SSSR count). The van der Waals surface area contributed by atoms with Gasteiger partial charge in [0.1, 0.15) is 5.69 Å². The first kappa shape index (κ1) is 14.3. The summed E-state index contributed by atoms with van der Waals surface area (Å²) in [7, 11) is 4.07. The highest BCUT2D eigenvalue weighted by Crippen LogP contribution is 2.16. The van der Waals surface area contributed by atoms with Crippen molar-refractivity contribution in [3.05, 3.63) is 46.8 Å². The Labute approximate surface area is 118 Å². The zero-order valence-electron chi connectivity index (χ0n) is 11.9. The minimum atomic E-state index is -0.186. The van der Waals surface area contributed by atoms with Gasteiger partial charge in [0, 0.05) is 12.1 Å². The summed E-state index contributed by atoms with van der Waals surface area (Å²) < 4.78 is 0. The largest absolute Gasteiger partial charge is 0.380 e. The zero-order valence-corrected chi connectivity index (χ0v) is 11.9. The number of nitrogens with zero attached hydrogens (tertiary/aromatic N) is 2. The van der Waals surface area contributed by atoms with Crippen molar-refractivity contribution in [3.8, 4) is 11.3 Å². The quantitative estimate of drug-likeness (QED) is 0.787. The number of anilines is 1. The Morgan fingerprint density at radius 2 is 2.00 bits per heavy atom. The number of aromatic amines is 1. The first-order valence-corrected chi connectivity index (χ1v) is 6.70. The molecule has 1 heterocycles. The SMILES string of the molecule is CN(C)CCCNc1cc(-c2ccccc2)n[nH]c1=O. The lowest BCUT2D eigenvalue weighted by atomic mass is 10.1. The van der Waals surface area contributed by atoms with Gasteiger partial charge in [0.25, 0.3) is 5.56 Å². The molecule has 0 amide bonds. The monoisotopic (exact) mass is 272 g/mol. The number of rotatable bonds is 6. The Bertz CT molecular complexity index is 592. The molecule has 0 bridgehead atoms. The average Bonchev–Trinajstić information content (AvgIpc) is 2.46. The van der Waals surface area contributed by atoms with Crippen molar-refractivity contribution in [2.24, 2.45) is 0 Å². The van der Waals surface area contributed by atoms with Crippen LogP contribution >= 0.6 is 0 Å². The van der Waals surface area contributed by atoms with E-state index in [2.05, 4.69) is 20.4 Å². The van der Waals surface area contributed by atoms with Crippen molar-refractivity contribution in [2.75, 3.05) is 32.5 Å². The second-order valence-electron chi connectivity index (χ2n) is 4.95. The van der Waals surface area contributed by atoms with Crippen LogP contribution in [0.1, 0.15) is 6.42 Å². The third-order valence-electron chi connectivity index (χ3n) is 2.97. The summed E-state index contributed by atoms with van der Waals surface area (Å²) in [6, 6.07) is 11.6. The van der Waals surface area contributed by atoms with E-state index in [1.54, 1.807) is 6.07 Å². The van der Waals surface area contributed by atoms with Gasteiger partial charge in [0.2, 0.25) is 0 Å². The normalized spacial score (nSPS) is 10.8. The molecule has 106 valence electrons. The van der Waals surface area contributed by atoms with Crippen molar-refractivity contribution in [2.45, 2.75) is 6.42 Å².